The van der Waals surface area contributed by atoms with E-state index in [-0.39, 0.29) is 5.56 Å². The number of aromatic nitrogens is 4. The van der Waals surface area contributed by atoms with E-state index in [2.05, 4.69) is 20.4 Å². The first-order chi connectivity index (χ1) is 6.79. The first-order valence-corrected chi connectivity index (χ1v) is 4.70. The molecule has 7 heteroatoms. The second-order valence-corrected chi connectivity index (χ2v) is 3.57. The highest BCUT2D eigenvalue weighted by atomic mass is 32.1. The van der Waals surface area contributed by atoms with E-state index in [9.17, 15) is 4.79 Å². The number of hydrogen-bond donors (Lipinski definition) is 2. The summed E-state index contributed by atoms with van der Waals surface area (Å²) in [5.41, 5.74) is 5.76. The summed E-state index contributed by atoms with van der Waals surface area (Å²) in [6.07, 6.45) is 0. The minimum absolute atomic E-state index is 0.239. The molecule has 14 heavy (non-hydrogen) atoms. The maximum absolute atomic E-state index is 10.7. The summed E-state index contributed by atoms with van der Waals surface area (Å²) in [6, 6.07) is 2.99. The van der Waals surface area contributed by atoms with Gasteiger partial charge in [-0.25, -0.2) is 5.10 Å². The maximum atomic E-state index is 10.7. The summed E-state index contributed by atoms with van der Waals surface area (Å²) in [4.78, 5) is 10.7. The van der Waals surface area contributed by atoms with E-state index in [0.29, 0.717) is 17.2 Å². The summed E-state index contributed by atoms with van der Waals surface area (Å²) in [5.74, 6) is 0. The molecule has 0 saturated carbocycles. The lowest BCUT2D eigenvalue weighted by Gasteiger charge is -1.90. The molecule has 2 heterocycles. The molecule has 2 aromatic rings. The molecule has 2 aromatic heterocycles. The second kappa shape index (κ2) is 3.64. The average Bonchev–Trinajstić information content (AvgIpc) is 2.67. The van der Waals surface area contributed by atoms with Crippen molar-refractivity contribution >= 4 is 11.3 Å². The van der Waals surface area contributed by atoms with Crippen molar-refractivity contribution in [1.82, 2.24) is 20.4 Å². The maximum Gasteiger partial charge on any atom is 0.264 e. The van der Waals surface area contributed by atoms with Gasteiger partial charge in [0.2, 0.25) is 0 Å². The molecule has 0 aliphatic heterocycles. The first-order valence-electron chi connectivity index (χ1n) is 3.88. The summed E-state index contributed by atoms with van der Waals surface area (Å²) in [6.45, 7) is 0.362. The predicted octanol–water partition coefficient (Wildman–Crippen LogP) is -0.253. The molecular formula is C7H7N5OS. The fourth-order valence-electron chi connectivity index (χ4n) is 0.903. The highest BCUT2D eigenvalue weighted by Gasteiger charge is 2.06. The minimum Gasteiger partial charge on any atom is -0.324 e. The van der Waals surface area contributed by atoms with Gasteiger partial charge in [0.05, 0.1) is 0 Å². The SMILES string of the molecule is NCc1nnc(-c2ccc(=O)[nH]n2)s1. The van der Waals surface area contributed by atoms with Gasteiger partial charge >= 0.3 is 0 Å². The normalized spacial score (nSPS) is 10.4. The summed E-state index contributed by atoms with van der Waals surface area (Å²) in [5, 5.41) is 15.3. The van der Waals surface area contributed by atoms with Crippen molar-refractivity contribution in [1.29, 1.82) is 0 Å². The standard InChI is InChI=1S/C7H7N5OS/c8-3-6-11-12-7(14-6)4-1-2-5(13)10-9-4/h1-2H,3,8H2,(H,10,13). The van der Waals surface area contributed by atoms with E-state index >= 15 is 0 Å². The fraction of sp³-hybridized carbons (Fsp3) is 0.143. The third-order valence-electron chi connectivity index (χ3n) is 1.54. The predicted molar refractivity (Wildman–Crippen MR) is 51.7 cm³/mol. The minimum atomic E-state index is -0.239. The molecule has 0 spiro atoms. The molecule has 0 fully saturated rings. The highest BCUT2D eigenvalue weighted by molar-refractivity contribution is 7.14. The molecule has 3 N–H and O–H groups in total. The monoisotopic (exact) mass is 209 g/mol. The lowest BCUT2D eigenvalue weighted by atomic mass is 10.4. The summed E-state index contributed by atoms with van der Waals surface area (Å²) < 4.78 is 0. The number of nitrogens with two attached hydrogens (primary N) is 1. The van der Waals surface area contributed by atoms with Crippen LogP contribution in [-0.2, 0) is 6.54 Å². The molecule has 2 rings (SSSR count). The Bertz CT molecular complexity index is 470. The highest BCUT2D eigenvalue weighted by Crippen LogP contribution is 2.19. The van der Waals surface area contributed by atoms with Crippen LogP contribution < -0.4 is 11.3 Å². The van der Waals surface area contributed by atoms with Crippen molar-refractivity contribution in [2.75, 3.05) is 0 Å². The van der Waals surface area contributed by atoms with Gasteiger partial charge in [-0.15, -0.1) is 10.2 Å². The van der Waals surface area contributed by atoms with Gasteiger partial charge in [0, 0.05) is 12.6 Å². The van der Waals surface area contributed by atoms with Crippen LogP contribution in [-0.4, -0.2) is 20.4 Å². The molecule has 0 aliphatic carbocycles. The fourth-order valence-corrected chi connectivity index (χ4v) is 1.59. The Labute approximate surface area is 82.8 Å². The van der Waals surface area contributed by atoms with Crippen LogP contribution in [0.5, 0.6) is 0 Å². The van der Waals surface area contributed by atoms with Gasteiger partial charge in [-0.05, 0) is 6.07 Å². The van der Waals surface area contributed by atoms with Crippen LogP contribution in [0.1, 0.15) is 5.01 Å². The van der Waals surface area contributed by atoms with Crippen LogP contribution in [0.3, 0.4) is 0 Å². The Morgan fingerprint density at radius 2 is 2.29 bits per heavy atom. The van der Waals surface area contributed by atoms with Crippen LogP contribution in [0.25, 0.3) is 10.7 Å². The van der Waals surface area contributed by atoms with Gasteiger partial charge in [-0.2, -0.15) is 5.10 Å². The van der Waals surface area contributed by atoms with Gasteiger partial charge in [-0.3, -0.25) is 4.79 Å². The van der Waals surface area contributed by atoms with Gasteiger partial charge in [-0.1, -0.05) is 11.3 Å². The van der Waals surface area contributed by atoms with Crippen molar-refractivity contribution in [3.63, 3.8) is 0 Å². The molecule has 6 nitrogen and oxygen atoms in total. The number of nitrogens with one attached hydrogen (secondary N) is 1. The van der Waals surface area contributed by atoms with Gasteiger partial charge in [0.15, 0.2) is 5.01 Å². The Balaban J connectivity index is 2.39. The topological polar surface area (TPSA) is 97.5 Å². The lowest BCUT2D eigenvalue weighted by molar-refractivity contribution is 0.948. The first kappa shape index (κ1) is 8.97. The van der Waals surface area contributed by atoms with Gasteiger partial charge in [0.1, 0.15) is 10.7 Å². The molecule has 0 saturated heterocycles. The number of hydrogen-bond acceptors (Lipinski definition) is 6. The molecule has 0 aliphatic rings. The summed E-state index contributed by atoms with van der Waals surface area (Å²) in [7, 11) is 0. The number of H-pyrrole nitrogens is 1. The molecule has 72 valence electrons. The van der Waals surface area contributed by atoms with Crippen LogP contribution in [0.15, 0.2) is 16.9 Å². The van der Waals surface area contributed by atoms with Crippen LogP contribution in [0, 0.1) is 0 Å². The van der Waals surface area contributed by atoms with Crippen molar-refractivity contribution in [2.45, 2.75) is 6.54 Å². The molecule has 0 amide bonds. The largest absolute Gasteiger partial charge is 0.324 e. The molecular weight excluding hydrogens is 202 g/mol. The Morgan fingerprint density at radius 1 is 1.43 bits per heavy atom. The van der Waals surface area contributed by atoms with E-state index in [1.807, 2.05) is 0 Å². The Morgan fingerprint density at radius 3 is 2.86 bits per heavy atom. The number of nitrogens with zero attached hydrogens (tertiary/aromatic N) is 3. The number of rotatable bonds is 2. The van der Waals surface area contributed by atoms with E-state index in [0.717, 1.165) is 5.01 Å². The van der Waals surface area contributed by atoms with Crippen molar-refractivity contribution in [2.24, 2.45) is 5.73 Å². The van der Waals surface area contributed by atoms with E-state index in [1.54, 1.807) is 6.07 Å². The lowest BCUT2D eigenvalue weighted by Crippen LogP contribution is -2.05. The zero-order valence-electron chi connectivity index (χ0n) is 7.10. The second-order valence-electron chi connectivity index (χ2n) is 2.51. The van der Waals surface area contributed by atoms with Crippen molar-refractivity contribution < 1.29 is 0 Å². The van der Waals surface area contributed by atoms with Gasteiger partial charge in [0.25, 0.3) is 5.56 Å². The molecule has 0 aromatic carbocycles. The molecule has 0 unspecified atom stereocenters. The smallest absolute Gasteiger partial charge is 0.264 e. The third-order valence-corrected chi connectivity index (χ3v) is 2.51. The number of aromatic amines is 1. The van der Waals surface area contributed by atoms with E-state index in [1.165, 1.54) is 17.4 Å². The third kappa shape index (κ3) is 1.68. The van der Waals surface area contributed by atoms with Crippen molar-refractivity contribution in [3.05, 3.63) is 27.5 Å². The summed E-state index contributed by atoms with van der Waals surface area (Å²) >= 11 is 1.36. The Kier molecular flexibility index (Phi) is 2.33. The molecule has 0 bridgehead atoms. The van der Waals surface area contributed by atoms with Crippen LogP contribution in [0.4, 0.5) is 0 Å². The quantitative estimate of drug-likeness (QED) is 0.710. The van der Waals surface area contributed by atoms with Crippen molar-refractivity contribution in [3.8, 4) is 10.7 Å². The Hall–Kier alpha value is -1.60. The van der Waals surface area contributed by atoms with E-state index in [4.69, 9.17) is 5.73 Å². The molecule has 0 radical (unpaired) electrons. The van der Waals surface area contributed by atoms with Crippen LogP contribution >= 0.6 is 11.3 Å². The zero-order valence-corrected chi connectivity index (χ0v) is 7.91. The van der Waals surface area contributed by atoms with Gasteiger partial charge < -0.3 is 5.73 Å². The average molecular weight is 209 g/mol. The van der Waals surface area contributed by atoms with E-state index < -0.39 is 0 Å². The zero-order chi connectivity index (χ0) is 9.97. The molecule has 0 atom stereocenters. The van der Waals surface area contributed by atoms with Crippen LogP contribution in [0.2, 0.25) is 0 Å².